The minimum Gasteiger partial charge on any atom is -0.493 e. The number of nitrogens with one attached hydrogen (secondary N) is 2. The van der Waals surface area contributed by atoms with Gasteiger partial charge in [0.15, 0.2) is 5.82 Å². The summed E-state index contributed by atoms with van der Waals surface area (Å²) in [5.74, 6) is 2.82. The first-order valence-electron chi connectivity index (χ1n) is 11.0. The zero-order valence-electron chi connectivity index (χ0n) is 18.5. The van der Waals surface area contributed by atoms with Gasteiger partial charge in [0.2, 0.25) is 0 Å². The van der Waals surface area contributed by atoms with Gasteiger partial charge in [0, 0.05) is 29.0 Å². The number of nitrogens with two attached hydrogens (primary N) is 1. The number of hydrogen-bond donors (Lipinski definition) is 3. The van der Waals surface area contributed by atoms with E-state index in [9.17, 15) is 0 Å². The van der Waals surface area contributed by atoms with Crippen LogP contribution in [0.15, 0.2) is 65.8 Å². The summed E-state index contributed by atoms with van der Waals surface area (Å²) in [5.41, 5.74) is 14.1. The fourth-order valence-corrected chi connectivity index (χ4v) is 3.69. The van der Waals surface area contributed by atoms with Crippen molar-refractivity contribution in [2.45, 2.75) is 19.8 Å². The van der Waals surface area contributed by atoms with Crippen molar-refractivity contribution in [2.75, 3.05) is 23.1 Å². The zero-order valence-corrected chi connectivity index (χ0v) is 18.5. The summed E-state index contributed by atoms with van der Waals surface area (Å²) < 4.78 is 6.01. The second-order valence-electron chi connectivity index (χ2n) is 8.38. The molecule has 4 aromatic rings. The Morgan fingerprint density at radius 1 is 1.09 bits per heavy atom. The molecule has 3 aromatic carbocycles. The summed E-state index contributed by atoms with van der Waals surface area (Å²) in [5, 5.41) is 8.12. The third-order valence-corrected chi connectivity index (χ3v) is 5.68. The van der Waals surface area contributed by atoms with Gasteiger partial charge in [-0.15, -0.1) is 0 Å². The maximum absolute atomic E-state index is 6.01. The van der Waals surface area contributed by atoms with E-state index in [1.54, 1.807) is 0 Å². The van der Waals surface area contributed by atoms with E-state index in [2.05, 4.69) is 22.6 Å². The Labute approximate surface area is 192 Å². The Morgan fingerprint density at radius 2 is 1.97 bits per heavy atom. The number of hydrazone groups is 1. The first kappa shape index (κ1) is 20.8. The van der Waals surface area contributed by atoms with Gasteiger partial charge in [-0.3, -0.25) is 5.43 Å². The lowest BCUT2D eigenvalue weighted by Crippen LogP contribution is -2.02. The molecule has 1 saturated carbocycles. The smallest absolute Gasteiger partial charge is 0.162 e. The van der Waals surface area contributed by atoms with Crippen LogP contribution in [0.5, 0.6) is 5.75 Å². The average molecular weight is 439 g/mol. The van der Waals surface area contributed by atoms with Crippen molar-refractivity contribution in [3.8, 4) is 17.1 Å². The average Bonchev–Trinajstić information content (AvgIpc) is 3.64. The van der Waals surface area contributed by atoms with Crippen molar-refractivity contribution in [3.05, 3.63) is 66.2 Å². The number of nitrogens with zero attached hydrogens (tertiary/aromatic N) is 3. The standard InChI is InChI=1S/C26H26N6O/c1-16-12-20(8-10-23(16)32-28-2)29-26-22-14-21(33-15-17-6-7-17)9-11-24(22)30-25(31-26)18-4-3-5-19(27)13-18/h3-5,8-14,17,32H,2,6-7,15,27H2,1H3,(H,29,30,31). The SMILES string of the molecule is C=NNc1ccc(Nc2nc(-c3cccc(N)c3)nc3ccc(OCC4CC4)cc23)cc1C. The zero-order chi connectivity index (χ0) is 22.8. The number of benzene rings is 3. The second-order valence-corrected chi connectivity index (χ2v) is 8.38. The van der Waals surface area contributed by atoms with E-state index in [0.717, 1.165) is 45.8 Å². The van der Waals surface area contributed by atoms with Crippen LogP contribution in [-0.2, 0) is 0 Å². The van der Waals surface area contributed by atoms with Gasteiger partial charge >= 0.3 is 0 Å². The number of hydrogen-bond acceptors (Lipinski definition) is 7. The number of rotatable bonds is 8. The molecule has 1 fully saturated rings. The van der Waals surface area contributed by atoms with Crippen molar-refractivity contribution >= 4 is 40.5 Å². The summed E-state index contributed by atoms with van der Waals surface area (Å²) in [6, 6.07) is 19.5. The van der Waals surface area contributed by atoms with E-state index in [1.165, 1.54) is 12.8 Å². The molecule has 4 N–H and O–H groups in total. The largest absolute Gasteiger partial charge is 0.493 e. The number of aromatic nitrogens is 2. The highest BCUT2D eigenvalue weighted by Gasteiger charge is 2.22. The van der Waals surface area contributed by atoms with Crippen LogP contribution in [0.1, 0.15) is 18.4 Å². The van der Waals surface area contributed by atoms with Crippen LogP contribution < -0.4 is 21.2 Å². The number of aryl methyl sites for hydroxylation is 1. The van der Waals surface area contributed by atoms with Crippen LogP contribution in [0.25, 0.3) is 22.3 Å². The van der Waals surface area contributed by atoms with Gasteiger partial charge in [-0.05, 0) is 79.8 Å². The third kappa shape index (κ3) is 4.72. The summed E-state index contributed by atoms with van der Waals surface area (Å²) in [4.78, 5) is 9.67. The van der Waals surface area contributed by atoms with Crippen LogP contribution >= 0.6 is 0 Å². The molecule has 166 valence electrons. The highest BCUT2D eigenvalue weighted by molar-refractivity contribution is 5.93. The number of nitrogen functional groups attached to an aromatic ring is 1. The third-order valence-electron chi connectivity index (χ3n) is 5.68. The maximum atomic E-state index is 6.01. The van der Waals surface area contributed by atoms with E-state index in [4.69, 9.17) is 20.4 Å². The number of fused-ring (bicyclic) bond motifs is 1. The van der Waals surface area contributed by atoms with E-state index in [-0.39, 0.29) is 0 Å². The van der Waals surface area contributed by atoms with Gasteiger partial charge in [0.05, 0.1) is 17.8 Å². The summed E-state index contributed by atoms with van der Waals surface area (Å²) in [6.45, 7) is 6.25. The minimum atomic E-state index is 0.606. The van der Waals surface area contributed by atoms with Gasteiger partial charge < -0.3 is 15.8 Å². The quantitative estimate of drug-likeness (QED) is 0.184. The molecule has 7 heteroatoms. The van der Waals surface area contributed by atoms with Crippen LogP contribution in [0.2, 0.25) is 0 Å². The maximum Gasteiger partial charge on any atom is 0.162 e. The predicted octanol–water partition coefficient (Wildman–Crippen LogP) is 5.75. The molecule has 1 aliphatic rings. The molecular weight excluding hydrogens is 412 g/mol. The lowest BCUT2D eigenvalue weighted by Gasteiger charge is -2.14. The first-order valence-corrected chi connectivity index (χ1v) is 11.0. The summed E-state index contributed by atoms with van der Waals surface area (Å²) in [7, 11) is 0. The van der Waals surface area contributed by atoms with E-state index in [0.29, 0.717) is 23.2 Å². The highest BCUT2D eigenvalue weighted by atomic mass is 16.5. The predicted molar refractivity (Wildman–Crippen MR) is 135 cm³/mol. The molecule has 0 radical (unpaired) electrons. The molecule has 1 aromatic heterocycles. The van der Waals surface area contributed by atoms with Crippen LogP contribution in [0.3, 0.4) is 0 Å². The Hall–Kier alpha value is -4.13. The van der Waals surface area contributed by atoms with E-state index < -0.39 is 0 Å². The highest BCUT2D eigenvalue weighted by Crippen LogP contribution is 2.33. The molecule has 33 heavy (non-hydrogen) atoms. The monoisotopic (exact) mass is 438 g/mol. The van der Waals surface area contributed by atoms with Crippen molar-refractivity contribution in [2.24, 2.45) is 11.0 Å². The Bertz CT molecular complexity index is 1330. The molecule has 1 heterocycles. The molecule has 0 atom stereocenters. The van der Waals surface area contributed by atoms with E-state index >= 15 is 0 Å². The summed E-state index contributed by atoms with van der Waals surface area (Å²) in [6.07, 6.45) is 2.50. The van der Waals surface area contributed by atoms with Crippen molar-refractivity contribution in [1.82, 2.24) is 9.97 Å². The van der Waals surface area contributed by atoms with Gasteiger partial charge in [0.1, 0.15) is 11.6 Å². The Balaban J connectivity index is 1.56. The van der Waals surface area contributed by atoms with Crippen LogP contribution in [0, 0.1) is 12.8 Å². The number of anilines is 4. The molecule has 0 amide bonds. The normalized spacial score (nSPS) is 13.0. The molecule has 5 rings (SSSR count). The molecule has 0 spiro atoms. The van der Waals surface area contributed by atoms with Gasteiger partial charge in [-0.25, -0.2) is 9.97 Å². The fraction of sp³-hybridized carbons (Fsp3) is 0.192. The molecule has 1 aliphatic carbocycles. The lowest BCUT2D eigenvalue weighted by molar-refractivity contribution is 0.300. The Kier molecular flexibility index (Phi) is 5.52. The van der Waals surface area contributed by atoms with Crippen LogP contribution in [0.4, 0.5) is 22.9 Å². The topological polar surface area (TPSA) is 97.5 Å². The molecule has 0 unspecified atom stereocenters. The Morgan fingerprint density at radius 3 is 2.73 bits per heavy atom. The molecule has 0 bridgehead atoms. The van der Waals surface area contributed by atoms with Gasteiger partial charge in [0.25, 0.3) is 0 Å². The molecular formula is C26H26N6O. The van der Waals surface area contributed by atoms with Gasteiger partial charge in [-0.2, -0.15) is 5.10 Å². The molecule has 0 aliphatic heterocycles. The molecule has 0 saturated heterocycles. The van der Waals surface area contributed by atoms with Gasteiger partial charge in [-0.1, -0.05) is 12.1 Å². The first-order chi connectivity index (χ1) is 16.1. The second kappa shape index (κ2) is 8.78. The van der Waals surface area contributed by atoms with Crippen LogP contribution in [-0.4, -0.2) is 23.3 Å². The minimum absolute atomic E-state index is 0.606. The number of ether oxygens (including phenoxy) is 1. The fourth-order valence-electron chi connectivity index (χ4n) is 3.69. The van der Waals surface area contributed by atoms with Crippen molar-refractivity contribution < 1.29 is 4.74 Å². The van der Waals surface area contributed by atoms with Crippen molar-refractivity contribution in [3.63, 3.8) is 0 Å². The summed E-state index contributed by atoms with van der Waals surface area (Å²) >= 11 is 0. The van der Waals surface area contributed by atoms with Crippen molar-refractivity contribution in [1.29, 1.82) is 0 Å². The molecule has 7 nitrogen and oxygen atoms in total. The van der Waals surface area contributed by atoms with E-state index in [1.807, 2.05) is 67.6 Å². The lowest BCUT2D eigenvalue weighted by atomic mass is 10.1.